The second kappa shape index (κ2) is 4.80. The summed E-state index contributed by atoms with van der Waals surface area (Å²) in [6.45, 7) is 0. The number of carbonyl (C=O) groups excluding carboxylic acids is 1. The molecule has 0 bridgehead atoms. The number of aromatic nitrogens is 2. The number of hydrogen-bond donors (Lipinski definition) is 2. The molecule has 1 amide bonds. The summed E-state index contributed by atoms with van der Waals surface area (Å²) in [6, 6.07) is 5.28. The zero-order valence-electron chi connectivity index (χ0n) is 8.90. The van der Waals surface area contributed by atoms with Crippen LogP contribution in [0.3, 0.4) is 0 Å². The first kappa shape index (κ1) is 12.6. The molecule has 0 saturated carbocycles. The minimum absolute atomic E-state index is 0.0463. The first-order chi connectivity index (χ1) is 8.47. The van der Waals surface area contributed by atoms with E-state index < -0.39 is 15.9 Å². The number of sulfonamides is 1. The Labute approximate surface area is 107 Å². The predicted molar refractivity (Wildman–Crippen MR) is 65.7 cm³/mol. The normalized spacial score (nSPS) is 11.2. The third-order valence-electron chi connectivity index (χ3n) is 2.03. The van der Waals surface area contributed by atoms with Crippen LogP contribution in [0.25, 0.3) is 0 Å². The second-order valence-electron chi connectivity index (χ2n) is 3.27. The van der Waals surface area contributed by atoms with Crippen LogP contribution in [0.15, 0.2) is 34.7 Å². The van der Waals surface area contributed by atoms with Gasteiger partial charge in [-0.1, -0.05) is 11.3 Å². The van der Waals surface area contributed by atoms with Crippen LogP contribution in [-0.2, 0) is 10.0 Å². The van der Waals surface area contributed by atoms with Gasteiger partial charge in [-0.3, -0.25) is 10.1 Å². The van der Waals surface area contributed by atoms with E-state index in [1.165, 1.54) is 41.1 Å². The summed E-state index contributed by atoms with van der Waals surface area (Å²) in [6.07, 6.45) is 0. The number of hydrogen-bond acceptors (Lipinski definition) is 6. The van der Waals surface area contributed by atoms with Crippen LogP contribution in [0.1, 0.15) is 10.4 Å². The Morgan fingerprint density at radius 2 is 1.94 bits per heavy atom. The van der Waals surface area contributed by atoms with Crippen LogP contribution in [0, 0.1) is 0 Å². The Bertz CT molecular complexity index is 650. The summed E-state index contributed by atoms with van der Waals surface area (Å²) in [5.74, 6) is -0.396. The average Bonchev–Trinajstić information content (AvgIpc) is 2.81. The van der Waals surface area contributed by atoms with Gasteiger partial charge in [-0.2, -0.15) is 0 Å². The van der Waals surface area contributed by atoms with E-state index >= 15 is 0 Å². The second-order valence-corrected chi connectivity index (χ2v) is 5.66. The van der Waals surface area contributed by atoms with Crippen LogP contribution >= 0.6 is 11.3 Å². The lowest BCUT2D eigenvalue weighted by Gasteiger charge is -2.02. The molecule has 0 radical (unpaired) electrons. The van der Waals surface area contributed by atoms with E-state index in [1.807, 2.05) is 0 Å². The number of amides is 1. The molecule has 0 unspecified atom stereocenters. The number of anilines is 1. The molecule has 2 rings (SSSR count). The van der Waals surface area contributed by atoms with Crippen molar-refractivity contribution in [1.82, 2.24) is 10.2 Å². The van der Waals surface area contributed by atoms with Crippen molar-refractivity contribution in [1.29, 1.82) is 0 Å². The number of primary sulfonamides is 1. The molecular weight excluding hydrogens is 276 g/mol. The van der Waals surface area contributed by atoms with Gasteiger partial charge in [0.15, 0.2) is 0 Å². The van der Waals surface area contributed by atoms with E-state index in [2.05, 4.69) is 15.5 Å². The Morgan fingerprint density at radius 1 is 1.28 bits per heavy atom. The van der Waals surface area contributed by atoms with Gasteiger partial charge in [-0.25, -0.2) is 13.6 Å². The lowest BCUT2D eigenvalue weighted by atomic mass is 10.2. The average molecular weight is 284 g/mol. The van der Waals surface area contributed by atoms with E-state index in [1.54, 1.807) is 0 Å². The van der Waals surface area contributed by atoms with E-state index in [-0.39, 0.29) is 4.90 Å². The molecule has 18 heavy (non-hydrogen) atoms. The van der Waals surface area contributed by atoms with Crippen molar-refractivity contribution < 1.29 is 13.2 Å². The predicted octanol–water partition coefficient (Wildman–Crippen LogP) is 0.438. The van der Waals surface area contributed by atoms with Crippen LogP contribution in [0.2, 0.25) is 0 Å². The molecule has 1 heterocycles. The van der Waals surface area contributed by atoms with Gasteiger partial charge in [-0.15, -0.1) is 10.2 Å². The molecule has 9 heteroatoms. The Morgan fingerprint density at radius 3 is 2.44 bits per heavy atom. The fourth-order valence-corrected chi connectivity index (χ4v) is 2.15. The highest BCUT2D eigenvalue weighted by atomic mass is 32.2. The number of nitrogens with zero attached hydrogens (tertiary/aromatic N) is 2. The van der Waals surface area contributed by atoms with Crippen LogP contribution in [0.4, 0.5) is 5.13 Å². The third-order valence-corrected chi connectivity index (χ3v) is 3.56. The van der Waals surface area contributed by atoms with Crippen molar-refractivity contribution >= 4 is 32.4 Å². The number of benzene rings is 1. The number of nitrogens with one attached hydrogen (secondary N) is 1. The van der Waals surface area contributed by atoms with Gasteiger partial charge < -0.3 is 0 Å². The Hall–Kier alpha value is -1.84. The van der Waals surface area contributed by atoms with Crippen LogP contribution < -0.4 is 10.5 Å². The summed E-state index contributed by atoms with van der Waals surface area (Å²) in [5, 5.41) is 15.1. The SMILES string of the molecule is NS(=O)(=O)c1ccc(C(=O)Nc2nncs2)cc1. The molecule has 0 aliphatic carbocycles. The summed E-state index contributed by atoms with van der Waals surface area (Å²) in [4.78, 5) is 11.7. The van der Waals surface area contributed by atoms with Crippen LogP contribution in [-0.4, -0.2) is 24.5 Å². The molecule has 0 fully saturated rings. The monoisotopic (exact) mass is 284 g/mol. The molecule has 94 valence electrons. The minimum atomic E-state index is -3.75. The van der Waals surface area contributed by atoms with E-state index in [0.717, 1.165) is 0 Å². The van der Waals surface area contributed by atoms with Gasteiger partial charge in [0.1, 0.15) is 5.51 Å². The highest BCUT2D eigenvalue weighted by Gasteiger charge is 2.11. The van der Waals surface area contributed by atoms with Crippen molar-refractivity contribution in [2.45, 2.75) is 4.90 Å². The van der Waals surface area contributed by atoms with Gasteiger partial charge in [0.25, 0.3) is 5.91 Å². The molecule has 0 aliphatic rings. The van der Waals surface area contributed by atoms with Crippen molar-refractivity contribution in [2.75, 3.05) is 5.32 Å². The molecule has 0 saturated heterocycles. The molecule has 0 aliphatic heterocycles. The van der Waals surface area contributed by atoms with Gasteiger partial charge >= 0.3 is 0 Å². The molecule has 0 spiro atoms. The first-order valence-corrected chi connectivity index (χ1v) is 7.10. The number of carbonyl (C=O) groups is 1. The first-order valence-electron chi connectivity index (χ1n) is 4.67. The third kappa shape index (κ3) is 2.88. The Balaban J connectivity index is 2.17. The maximum atomic E-state index is 11.7. The summed E-state index contributed by atoms with van der Waals surface area (Å²) >= 11 is 1.18. The van der Waals surface area contributed by atoms with Gasteiger partial charge in [0, 0.05) is 5.56 Å². The maximum absolute atomic E-state index is 11.7. The number of nitrogens with two attached hydrogens (primary N) is 1. The summed E-state index contributed by atoms with van der Waals surface area (Å²) < 4.78 is 22.1. The van der Waals surface area contributed by atoms with Gasteiger partial charge in [-0.05, 0) is 24.3 Å². The minimum Gasteiger partial charge on any atom is -0.296 e. The largest absolute Gasteiger partial charge is 0.296 e. The Kier molecular flexibility index (Phi) is 3.36. The van der Waals surface area contributed by atoms with E-state index in [0.29, 0.717) is 10.7 Å². The molecular formula is C9H8N4O3S2. The molecule has 1 aromatic carbocycles. The molecule has 0 atom stereocenters. The number of rotatable bonds is 3. The topological polar surface area (TPSA) is 115 Å². The highest BCUT2D eigenvalue weighted by molar-refractivity contribution is 7.89. The van der Waals surface area contributed by atoms with E-state index in [9.17, 15) is 13.2 Å². The standard InChI is InChI=1S/C9H8N4O3S2/c10-18(15,16)7-3-1-6(2-4-7)8(14)12-9-13-11-5-17-9/h1-5H,(H2,10,15,16)(H,12,13,14). The van der Waals surface area contributed by atoms with Crippen LogP contribution in [0.5, 0.6) is 0 Å². The van der Waals surface area contributed by atoms with Crippen molar-refractivity contribution in [2.24, 2.45) is 5.14 Å². The zero-order valence-corrected chi connectivity index (χ0v) is 10.5. The van der Waals surface area contributed by atoms with Crippen molar-refractivity contribution in [3.05, 3.63) is 35.3 Å². The molecule has 7 nitrogen and oxygen atoms in total. The lowest BCUT2D eigenvalue weighted by molar-refractivity contribution is 0.102. The summed E-state index contributed by atoms with van der Waals surface area (Å²) in [5.41, 5.74) is 1.79. The highest BCUT2D eigenvalue weighted by Crippen LogP contribution is 2.12. The zero-order chi connectivity index (χ0) is 13.2. The van der Waals surface area contributed by atoms with Crippen molar-refractivity contribution in [3.8, 4) is 0 Å². The smallest absolute Gasteiger partial charge is 0.257 e. The summed E-state index contributed by atoms with van der Waals surface area (Å²) in [7, 11) is -3.75. The van der Waals surface area contributed by atoms with E-state index in [4.69, 9.17) is 5.14 Å². The molecule has 2 aromatic rings. The lowest BCUT2D eigenvalue weighted by Crippen LogP contribution is -2.14. The van der Waals surface area contributed by atoms with Gasteiger partial charge in [0.2, 0.25) is 15.2 Å². The molecule has 3 N–H and O–H groups in total. The van der Waals surface area contributed by atoms with Gasteiger partial charge in [0.05, 0.1) is 4.90 Å². The van der Waals surface area contributed by atoms with Crippen molar-refractivity contribution in [3.63, 3.8) is 0 Å². The quantitative estimate of drug-likeness (QED) is 0.848. The fraction of sp³-hybridized carbons (Fsp3) is 0. The maximum Gasteiger partial charge on any atom is 0.257 e. The fourth-order valence-electron chi connectivity index (χ4n) is 1.19. The molecule has 1 aromatic heterocycles.